The van der Waals surface area contributed by atoms with Gasteiger partial charge in [0, 0.05) is 0 Å². The Kier molecular flexibility index (Phi) is 3.81. The van der Waals surface area contributed by atoms with E-state index in [4.69, 9.17) is 9.47 Å². The van der Waals surface area contributed by atoms with Crippen molar-refractivity contribution in [3.05, 3.63) is 30.0 Å². The maximum Gasteiger partial charge on any atom is 0.104 e. The normalized spacial score (nSPS) is 19.6. The smallest absolute Gasteiger partial charge is 0.104 e. The van der Waals surface area contributed by atoms with Crippen molar-refractivity contribution in [1.29, 1.82) is 0 Å². The van der Waals surface area contributed by atoms with Crippen LogP contribution in [0.25, 0.3) is 0 Å². The molecule has 0 spiro atoms. The van der Waals surface area contributed by atoms with E-state index < -0.39 is 0 Å². The Bertz CT molecular complexity index is 208. The minimum atomic E-state index is 0.350. The second-order valence-electron chi connectivity index (χ2n) is 2.85. The Balaban J connectivity index is 1.99. The Hall–Kier alpha value is -0.820. The molecule has 0 aliphatic carbocycles. The van der Waals surface area contributed by atoms with Crippen molar-refractivity contribution in [2.24, 2.45) is 0 Å². The summed E-state index contributed by atoms with van der Waals surface area (Å²) in [5.41, 5.74) is 3.96. The highest BCUT2D eigenvalue weighted by atomic mass is 16.6. The zero-order chi connectivity index (χ0) is 8.81. The molecule has 1 heterocycles. The zero-order valence-electron chi connectivity index (χ0n) is 7.38. The molecule has 2 heteroatoms. The SMILES string of the molecule is C=C(C)C=C=CCOC[C@H]1CO1. The van der Waals surface area contributed by atoms with E-state index in [-0.39, 0.29) is 0 Å². The summed E-state index contributed by atoms with van der Waals surface area (Å²) < 4.78 is 10.2. The van der Waals surface area contributed by atoms with Gasteiger partial charge in [-0.2, -0.15) is 0 Å². The molecule has 1 saturated heterocycles. The molecule has 0 radical (unpaired) electrons. The minimum Gasteiger partial charge on any atom is -0.374 e. The molecule has 0 aromatic carbocycles. The Morgan fingerprint density at radius 2 is 2.58 bits per heavy atom. The first-order valence-electron chi connectivity index (χ1n) is 4.05. The first-order chi connectivity index (χ1) is 5.79. The van der Waals surface area contributed by atoms with Crippen molar-refractivity contribution in [3.8, 4) is 0 Å². The number of allylic oxidation sites excluding steroid dienone is 1. The van der Waals surface area contributed by atoms with Crippen molar-refractivity contribution in [2.75, 3.05) is 19.8 Å². The van der Waals surface area contributed by atoms with Gasteiger partial charge in [0.15, 0.2) is 0 Å². The molecule has 0 aromatic heterocycles. The standard InChI is InChI=1S/C10H14O2/c1-9(2)5-3-4-6-11-7-10-8-12-10/h4-5,10H,1,6-8H2,2H3/t3?,10-/m0/s1. The van der Waals surface area contributed by atoms with Gasteiger partial charge in [0.05, 0.1) is 19.8 Å². The molecule has 0 amide bonds. The van der Waals surface area contributed by atoms with Crippen LogP contribution in [-0.4, -0.2) is 25.9 Å². The second-order valence-corrected chi connectivity index (χ2v) is 2.85. The Morgan fingerprint density at radius 3 is 3.17 bits per heavy atom. The van der Waals surface area contributed by atoms with Crippen LogP contribution in [0.15, 0.2) is 30.0 Å². The lowest BCUT2D eigenvalue weighted by molar-refractivity contribution is 0.141. The molecule has 1 atom stereocenters. The molecule has 66 valence electrons. The molecule has 0 aromatic rings. The van der Waals surface area contributed by atoms with Gasteiger partial charge in [-0.05, 0) is 19.1 Å². The summed E-state index contributed by atoms with van der Waals surface area (Å²) in [6.07, 6.45) is 4.03. The molecule has 2 nitrogen and oxygen atoms in total. The van der Waals surface area contributed by atoms with Crippen LogP contribution in [0, 0.1) is 0 Å². The maximum atomic E-state index is 5.25. The van der Waals surface area contributed by atoms with E-state index in [9.17, 15) is 0 Å². The molecule has 1 aliphatic heterocycles. The molecule has 0 bridgehead atoms. The Labute approximate surface area is 73.2 Å². The maximum absolute atomic E-state index is 5.25. The summed E-state index contributed by atoms with van der Waals surface area (Å²) >= 11 is 0. The molecule has 1 rings (SSSR count). The molecule has 0 N–H and O–H groups in total. The van der Waals surface area contributed by atoms with Crippen molar-refractivity contribution in [1.82, 2.24) is 0 Å². The number of rotatable bonds is 5. The fraction of sp³-hybridized carbons (Fsp3) is 0.500. The van der Waals surface area contributed by atoms with Crippen LogP contribution in [0.2, 0.25) is 0 Å². The molecule has 12 heavy (non-hydrogen) atoms. The summed E-state index contributed by atoms with van der Waals surface area (Å²) in [5.74, 6) is 0. The third-order valence-corrected chi connectivity index (χ3v) is 1.35. The summed E-state index contributed by atoms with van der Waals surface area (Å²) in [4.78, 5) is 0. The largest absolute Gasteiger partial charge is 0.374 e. The lowest BCUT2D eigenvalue weighted by atomic mass is 10.3. The van der Waals surface area contributed by atoms with E-state index in [1.807, 2.05) is 19.1 Å². The number of epoxide rings is 1. The summed E-state index contributed by atoms with van der Waals surface area (Å²) in [5, 5.41) is 0. The average molecular weight is 166 g/mol. The van der Waals surface area contributed by atoms with Crippen molar-refractivity contribution in [2.45, 2.75) is 13.0 Å². The summed E-state index contributed by atoms with van der Waals surface area (Å²) in [6, 6.07) is 0. The topological polar surface area (TPSA) is 21.8 Å². The second kappa shape index (κ2) is 4.94. The summed E-state index contributed by atoms with van der Waals surface area (Å²) in [7, 11) is 0. The molecule has 0 unspecified atom stereocenters. The fourth-order valence-electron chi connectivity index (χ4n) is 0.672. The lowest BCUT2D eigenvalue weighted by Gasteiger charge is -1.93. The average Bonchev–Trinajstić information content (AvgIpc) is 2.79. The van der Waals surface area contributed by atoms with Crippen molar-refractivity contribution < 1.29 is 9.47 Å². The van der Waals surface area contributed by atoms with Crippen LogP contribution in [0.1, 0.15) is 6.92 Å². The first-order valence-corrected chi connectivity index (χ1v) is 4.05. The predicted molar refractivity (Wildman–Crippen MR) is 48.0 cm³/mol. The van der Waals surface area contributed by atoms with Crippen LogP contribution in [0.3, 0.4) is 0 Å². The van der Waals surface area contributed by atoms with E-state index in [1.54, 1.807) is 0 Å². The fourth-order valence-corrected chi connectivity index (χ4v) is 0.672. The van der Waals surface area contributed by atoms with E-state index in [2.05, 4.69) is 12.3 Å². The molecular formula is C10H14O2. The van der Waals surface area contributed by atoms with Crippen LogP contribution >= 0.6 is 0 Å². The quantitative estimate of drug-likeness (QED) is 0.268. The predicted octanol–water partition coefficient (Wildman–Crippen LogP) is 1.69. The minimum absolute atomic E-state index is 0.350. The van der Waals surface area contributed by atoms with Crippen molar-refractivity contribution in [3.63, 3.8) is 0 Å². The third kappa shape index (κ3) is 4.91. The van der Waals surface area contributed by atoms with Gasteiger partial charge in [-0.1, -0.05) is 12.2 Å². The zero-order valence-corrected chi connectivity index (χ0v) is 7.38. The molecular weight excluding hydrogens is 152 g/mol. The highest BCUT2D eigenvalue weighted by Gasteiger charge is 2.21. The lowest BCUT2D eigenvalue weighted by Crippen LogP contribution is -2.00. The van der Waals surface area contributed by atoms with Gasteiger partial charge < -0.3 is 9.47 Å². The van der Waals surface area contributed by atoms with Crippen LogP contribution in [-0.2, 0) is 9.47 Å². The Morgan fingerprint density at radius 1 is 1.83 bits per heavy atom. The van der Waals surface area contributed by atoms with E-state index in [1.165, 1.54) is 0 Å². The molecule has 1 aliphatic rings. The van der Waals surface area contributed by atoms with Crippen LogP contribution in [0.5, 0.6) is 0 Å². The van der Waals surface area contributed by atoms with Gasteiger partial charge in [-0.25, -0.2) is 0 Å². The number of hydrogen-bond donors (Lipinski definition) is 0. The van der Waals surface area contributed by atoms with E-state index >= 15 is 0 Å². The van der Waals surface area contributed by atoms with Gasteiger partial charge in [0.25, 0.3) is 0 Å². The van der Waals surface area contributed by atoms with Crippen LogP contribution in [0.4, 0.5) is 0 Å². The number of ether oxygens (including phenoxy) is 2. The monoisotopic (exact) mass is 166 g/mol. The highest BCUT2D eigenvalue weighted by Crippen LogP contribution is 2.07. The van der Waals surface area contributed by atoms with Gasteiger partial charge in [0.1, 0.15) is 6.10 Å². The van der Waals surface area contributed by atoms with Gasteiger partial charge in [0.2, 0.25) is 0 Å². The molecule has 1 fully saturated rings. The molecule has 0 saturated carbocycles. The van der Waals surface area contributed by atoms with Gasteiger partial charge >= 0.3 is 0 Å². The first kappa shape index (κ1) is 9.27. The van der Waals surface area contributed by atoms with Crippen LogP contribution < -0.4 is 0 Å². The van der Waals surface area contributed by atoms with Gasteiger partial charge in [-0.3, -0.25) is 0 Å². The number of hydrogen-bond acceptors (Lipinski definition) is 2. The van der Waals surface area contributed by atoms with E-state index in [0.29, 0.717) is 19.3 Å². The highest BCUT2D eigenvalue weighted by molar-refractivity contribution is 5.10. The van der Waals surface area contributed by atoms with Gasteiger partial charge in [-0.15, -0.1) is 5.73 Å². The summed E-state index contributed by atoms with van der Waals surface area (Å²) in [6.45, 7) is 7.80. The van der Waals surface area contributed by atoms with Crippen molar-refractivity contribution >= 4 is 0 Å². The van der Waals surface area contributed by atoms with E-state index in [0.717, 1.165) is 12.2 Å². The third-order valence-electron chi connectivity index (χ3n) is 1.35.